The fraction of sp³-hybridized carbons (Fsp3) is 0.917. The molecule has 3 heteroatoms. The number of hydrogen-bond donors (Lipinski definition) is 0. The lowest BCUT2D eigenvalue weighted by molar-refractivity contribution is -0.0617. The summed E-state index contributed by atoms with van der Waals surface area (Å²) in [6.45, 7) is 15.3. The van der Waals surface area contributed by atoms with Crippen LogP contribution in [0.4, 0.5) is 4.79 Å². The van der Waals surface area contributed by atoms with Gasteiger partial charge in [-0.25, -0.2) is 4.79 Å². The van der Waals surface area contributed by atoms with Gasteiger partial charge in [-0.2, -0.15) is 0 Å². The van der Waals surface area contributed by atoms with Gasteiger partial charge in [0.05, 0.1) is 6.61 Å². The predicted molar refractivity (Wildman–Crippen MR) is 163 cm³/mol. The molecule has 0 aromatic carbocycles. The number of ether oxygens (including phenoxy) is 2. The molecule has 3 nitrogen and oxygen atoms in total. The summed E-state index contributed by atoms with van der Waals surface area (Å²) in [6, 6.07) is 0. The first-order valence-electron chi connectivity index (χ1n) is 17.2. The van der Waals surface area contributed by atoms with Gasteiger partial charge in [0, 0.05) is 6.42 Å². The number of carbonyl (C=O) groups is 1. The average Bonchev–Trinajstić information content (AvgIpc) is 3.25. The summed E-state index contributed by atoms with van der Waals surface area (Å²) in [5, 5.41) is 0. The van der Waals surface area contributed by atoms with Crippen molar-refractivity contribution in [1.82, 2.24) is 0 Å². The van der Waals surface area contributed by atoms with Crippen LogP contribution >= 0.6 is 0 Å². The van der Waals surface area contributed by atoms with Gasteiger partial charge in [-0.3, -0.25) is 0 Å². The molecular weight excluding hydrogens is 480 g/mol. The van der Waals surface area contributed by atoms with Crippen molar-refractivity contribution in [2.24, 2.45) is 46.3 Å². The summed E-state index contributed by atoms with van der Waals surface area (Å²) in [7, 11) is 0. The molecule has 0 radical (unpaired) electrons. The molecule has 3 fully saturated rings. The first-order valence-corrected chi connectivity index (χ1v) is 17.2. The van der Waals surface area contributed by atoms with E-state index in [1.165, 1.54) is 77.0 Å². The third-order valence-corrected chi connectivity index (χ3v) is 12.2. The van der Waals surface area contributed by atoms with Gasteiger partial charge in [-0.15, -0.1) is 0 Å². The molecule has 0 aromatic heterocycles. The minimum atomic E-state index is -0.445. The topological polar surface area (TPSA) is 35.5 Å². The molecule has 8 atom stereocenters. The molecule has 0 N–H and O–H groups in total. The Hall–Kier alpha value is -0.990. The Kier molecular flexibility index (Phi) is 10.9. The van der Waals surface area contributed by atoms with Gasteiger partial charge in [0.1, 0.15) is 6.10 Å². The zero-order chi connectivity index (χ0) is 28.0. The summed E-state index contributed by atoms with van der Waals surface area (Å²) in [6.07, 6.45) is 23.6. The van der Waals surface area contributed by atoms with Crippen molar-refractivity contribution in [2.45, 2.75) is 157 Å². The van der Waals surface area contributed by atoms with Crippen LogP contribution in [0.25, 0.3) is 0 Å². The van der Waals surface area contributed by atoms with E-state index in [-0.39, 0.29) is 6.10 Å². The molecule has 0 aliphatic heterocycles. The second kappa shape index (κ2) is 13.8. The normalized spacial score (nSPS) is 36.5. The summed E-state index contributed by atoms with van der Waals surface area (Å²) in [5.41, 5.74) is 2.43. The number of fused-ring (bicyclic) bond motifs is 5. The molecule has 0 bridgehead atoms. The Labute approximate surface area is 241 Å². The second-order valence-electron chi connectivity index (χ2n) is 15.1. The summed E-state index contributed by atoms with van der Waals surface area (Å²) >= 11 is 0. The van der Waals surface area contributed by atoms with Crippen LogP contribution in [0.1, 0.15) is 151 Å². The van der Waals surface area contributed by atoms with Crippen molar-refractivity contribution in [3.05, 3.63) is 11.6 Å². The van der Waals surface area contributed by atoms with Crippen LogP contribution in [0.2, 0.25) is 0 Å². The van der Waals surface area contributed by atoms with Crippen LogP contribution in [0, 0.1) is 46.3 Å². The minimum Gasteiger partial charge on any atom is -0.434 e. The van der Waals surface area contributed by atoms with Crippen LogP contribution in [0.15, 0.2) is 11.6 Å². The van der Waals surface area contributed by atoms with Crippen molar-refractivity contribution in [3.63, 3.8) is 0 Å². The summed E-state index contributed by atoms with van der Waals surface area (Å²) in [5.74, 6) is 5.18. The van der Waals surface area contributed by atoms with Gasteiger partial charge < -0.3 is 9.47 Å². The van der Waals surface area contributed by atoms with Gasteiger partial charge in [-0.1, -0.05) is 105 Å². The first kappa shape index (κ1) is 31.0. The summed E-state index contributed by atoms with van der Waals surface area (Å²) in [4.78, 5) is 12.4. The van der Waals surface area contributed by atoms with Gasteiger partial charge in [-0.05, 0) is 97.7 Å². The highest BCUT2D eigenvalue weighted by Gasteiger charge is 2.59. The van der Waals surface area contributed by atoms with Crippen LogP contribution in [0.3, 0.4) is 0 Å². The molecule has 39 heavy (non-hydrogen) atoms. The lowest BCUT2D eigenvalue weighted by Gasteiger charge is -2.58. The Morgan fingerprint density at radius 3 is 2.46 bits per heavy atom. The van der Waals surface area contributed by atoms with Gasteiger partial charge in [0.25, 0.3) is 0 Å². The van der Waals surface area contributed by atoms with Crippen molar-refractivity contribution < 1.29 is 14.3 Å². The SMILES string of the molecule is CCCCCCCCOC(=O)OC1CC[C@@]2(C)C(=CCC3C4CCC(C(C)CCCC(C)C)[C@@]4(C)CCC32)C1. The zero-order valence-electron chi connectivity index (χ0n) is 26.6. The summed E-state index contributed by atoms with van der Waals surface area (Å²) < 4.78 is 11.3. The van der Waals surface area contributed by atoms with Crippen molar-refractivity contribution >= 4 is 6.16 Å². The largest absolute Gasteiger partial charge is 0.508 e. The standard InChI is InChI=1S/C36H62O3/c1-7-8-9-10-11-12-24-38-34(37)39-29-20-22-35(5)28(25-29)16-17-30-32-19-18-31(27(4)15-13-14-26(2)3)36(32,6)23-21-33(30)35/h16,26-27,29-33H,7-15,17-25H2,1-6H3/t27?,29?,30?,31?,32?,33?,35-,36+/m0/s1. The number of rotatable bonds is 13. The molecule has 3 saturated carbocycles. The van der Waals surface area contributed by atoms with Gasteiger partial charge >= 0.3 is 6.16 Å². The molecule has 224 valence electrons. The molecule has 6 unspecified atom stereocenters. The Morgan fingerprint density at radius 2 is 1.69 bits per heavy atom. The number of carbonyl (C=O) groups excluding carboxylic acids is 1. The van der Waals surface area contributed by atoms with E-state index < -0.39 is 6.16 Å². The smallest absolute Gasteiger partial charge is 0.434 e. The van der Waals surface area contributed by atoms with E-state index in [1.54, 1.807) is 5.57 Å². The average molecular weight is 543 g/mol. The monoisotopic (exact) mass is 542 g/mol. The van der Waals surface area contributed by atoms with Crippen LogP contribution in [-0.4, -0.2) is 18.9 Å². The lowest BCUT2D eigenvalue weighted by atomic mass is 9.47. The van der Waals surface area contributed by atoms with E-state index in [0.717, 1.165) is 67.6 Å². The molecule has 0 spiro atoms. The maximum absolute atomic E-state index is 12.4. The fourth-order valence-corrected chi connectivity index (χ4v) is 9.96. The van der Waals surface area contributed by atoms with E-state index >= 15 is 0 Å². The highest BCUT2D eigenvalue weighted by molar-refractivity contribution is 5.60. The third kappa shape index (κ3) is 7.09. The van der Waals surface area contributed by atoms with Crippen molar-refractivity contribution in [2.75, 3.05) is 6.61 Å². The fourth-order valence-electron chi connectivity index (χ4n) is 9.96. The van der Waals surface area contributed by atoms with Crippen molar-refractivity contribution in [1.29, 1.82) is 0 Å². The Balaban J connectivity index is 1.29. The molecule has 0 aromatic rings. The predicted octanol–water partition coefficient (Wildman–Crippen LogP) is 10.9. The molecule has 0 amide bonds. The highest BCUT2D eigenvalue weighted by atomic mass is 16.7. The van der Waals surface area contributed by atoms with E-state index in [2.05, 4.69) is 47.6 Å². The second-order valence-corrected chi connectivity index (χ2v) is 15.1. The third-order valence-electron chi connectivity index (χ3n) is 12.2. The van der Waals surface area contributed by atoms with Gasteiger partial charge in [0.15, 0.2) is 0 Å². The molecular formula is C36H62O3. The highest BCUT2D eigenvalue weighted by Crippen LogP contribution is 2.67. The first-order chi connectivity index (χ1) is 18.7. The molecule has 0 heterocycles. The van der Waals surface area contributed by atoms with Crippen LogP contribution in [-0.2, 0) is 9.47 Å². The maximum Gasteiger partial charge on any atom is 0.508 e. The maximum atomic E-state index is 12.4. The molecule has 4 aliphatic rings. The lowest BCUT2D eigenvalue weighted by Crippen LogP contribution is -2.51. The number of allylic oxidation sites excluding steroid dienone is 1. The number of unbranched alkanes of at least 4 members (excludes halogenated alkanes) is 5. The van der Waals surface area contributed by atoms with Crippen LogP contribution in [0.5, 0.6) is 0 Å². The molecule has 4 aliphatic carbocycles. The van der Waals surface area contributed by atoms with Gasteiger partial charge in [0.2, 0.25) is 0 Å². The van der Waals surface area contributed by atoms with Crippen LogP contribution < -0.4 is 0 Å². The van der Waals surface area contributed by atoms with E-state index in [4.69, 9.17) is 9.47 Å². The van der Waals surface area contributed by atoms with E-state index in [1.807, 2.05) is 0 Å². The Bertz CT molecular complexity index is 816. The minimum absolute atomic E-state index is 0.00525. The number of hydrogen-bond acceptors (Lipinski definition) is 3. The van der Waals surface area contributed by atoms with E-state index in [9.17, 15) is 4.79 Å². The Morgan fingerprint density at radius 1 is 0.923 bits per heavy atom. The van der Waals surface area contributed by atoms with Crippen molar-refractivity contribution in [3.8, 4) is 0 Å². The molecule has 4 rings (SSSR count). The quantitative estimate of drug-likeness (QED) is 0.132. The van der Waals surface area contributed by atoms with E-state index in [0.29, 0.717) is 17.4 Å². The molecule has 0 saturated heterocycles. The zero-order valence-corrected chi connectivity index (χ0v) is 26.6.